The molecule has 2 amide bonds. The third-order valence-electron chi connectivity index (χ3n) is 5.71. The third kappa shape index (κ3) is 4.92. The number of aryl methyl sites for hydroxylation is 2. The lowest BCUT2D eigenvalue weighted by molar-refractivity contribution is 0.0818. The quantitative estimate of drug-likeness (QED) is 0.586. The predicted octanol–water partition coefficient (Wildman–Crippen LogP) is 5.01. The minimum atomic E-state index is -0.279. The standard InChI is InChI=1S/C24H26ClN3O3/c1-15-5-6-16(2)22-21(15)12-17(23(29)27-22)13-28(14-20-4-3-11-31-20)24(30)26-19-9-7-18(25)8-10-19/h5-10,12,20H,3-4,11,13-14H2,1-2H3,(H,26,30)(H,27,29)/t20-/m0/s1. The van der Waals surface area contributed by atoms with Gasteiger partial charge in [0.25, 0.3) is 5.56 Å². The number of carbonyl (C=O) groups is 1. The Morgan fingerprint density at radius 2 is 1.94 bits per heavy atom. The van der Waals surface area contributed by atoms with E-state index in [0.717, 1.165) is 34.9 Å². The summed E-state index contributed by atoms with van der Waals surface area (Å²) in [5.74, 6) is 0. The Kier molecular flexibility index (Phi) is 6.30. The number of H-pyrrole nitrogens is 1. The van der Waals surface area contributed by atoms with Gasteiger partial charge in [0.15, 0.2) is 0 Å². The highest BCUT2D eigenvalue weighted by atomic mass is 35.5. The molecule has 0 saturated carbocycles. The number of fused-ring (bicyclic) bond motifs is 1. The molecule has 1 fully saturated rings. The number of urea groups is 1. The van der Waals surface area contributed by atoms with Crippen molar-refractivity contribution in [2.24, 2.45) is 0 Å². The molecule has 1 atom stereocenters. The summed E-state index contributed by atoms with van der Waals surface area (Å²) in [5, 5.41) is 4.49. The lowest BCUT2D eigenvalue weighted by Gasteiger charge is -2.26. The first-order valence-electron chi connectivity index (χ1n) is 10.5. The van der Waals surface area contributed by atoms with E-state index in [1.807, 2.05) is 32.0 Å². The van der Waals surface area contributed by atoms with Crippen molar-refractivity contribution in [1.29, 1.82) is 0 Å². The molecule has 6 nitrogen and oxygen atoms in total. The molecule has 1 aromatic heterocycles. The Labute approximate surface area is 186 Å². The van der Waals surface area contributed by atoms with Gasteiger partial charge in [-0.3, -0.25) is 4.79 Å². The van der Waals surface area contributed by atoms with Crippen molar-refractivity contribution in [3.05, 3.63) is 74.5 Å². The minimum absolute atomic E-state index is 0.0283. The third-order valence-corrected chi connectivity index (χ3v) is 5.96. The fourth-order valence-electron chi connectivity index (χ4n) is 3.93. The van der Waals surface area contributed by atoms with E-state index in [-0.39, 0.29) is 24.2 Å². The number of ether oxygens (including phenoxy) is 1. The summed E-state index contributed by atoms with van der Waals surface area (Å²) in [6.07, 6.45) is 1.85. The zero-order chi connectivity index (χ0) is 22.0. The molecule has 1 aliphatic heterocycles. The van der Waals surface area contributed by atoms with Crippen LogP contribution in [0.25, 0.3) is 10.9 Å². The number of amides is 2. The van der Waals surface area contributed by atoms with E-state index in [1.54, 1.807) is 29.2 Å². The van der Waals surface area contributed by atoms with Gasteiger partial charge in [-0.1, -0.05) is 23.7 Å². The van der Waals surface area contributed by atoms with Gasteiger partial charge in [-0.15, -0.1) is 0 Å². The molecule has 3 aromatic rings. The molecule has 2 N–H and O–H groups in total. The van der Waals surface area contributed by atoms with Gasteiger partial charge < -0.3 is 19.9 Å². The van der Waals surface area contributed by atoms with Crippen molar-refractivity contribution in [2.45, 2.75) is 39.3 Å². The summed E-state index contributed by atoms with van der Waals surface area (Å²) < 4.78 is 5.75. The summed E-state index contributed by atoms with van der Waals surface area (Å²) >= 11 is 5.94. The highest BCUT2D eigenvalue weighted by Gasteiger charge is 2.24. The van der Waals surface area contributed by atoms with Gasteiger partial charge in [0.1, 0.15) is 0 Å². The number of pyridine rings is 1. The van der Waals surface area contributed by atoms with Crippen LogP contribution in [0.1, 0.15) is 29.5 Å². The van der Waals surface area contributed by atoms with Crippen LogP contribution in [0.4, 0.5) is 10.5 Å². The highest BCUT2D eigenvalue weighted by Crippen LogP contribution is 2.22. The van der Waals surface area contributed by atoms with Crippen molar-refractivity contribution in [3.8, 4) is 0 Å². The van der Waals surface area contributed by atoms with Crippen LogP contribution in [0, 0.1) is 13.8 Å². The molecule has 1 aliphatic rings. The van der Waals surface area contributed by atoms with Crippen molar-refractivity contribution >= 4 is 34.2 Å². The maximum absolute atomic E-state index is 13.1. The van der Waals surface area contributed by atoms with Crippen LogP contribution in [-0.2, 0) is 11.3 Å². The average Bonchev–Trinajstić information content (AvgIpc) is 3.26. The van der Waals surface area contributed by atoms with Crippen LogP contribution in [0.5, 0.6) is 0 Å². The molecular formula is C24H26ClN3O3. The molecule has 7 heteroatoms. The lowest BCUT2D eigenvalue weighted by Crippen LogP contribution is -2.40. The first-order valence-corrected chi connectivity index (χ1v) is 10.8. The Hall–Kier alpha value is -2.83. The molecular weight excluding hydrogens is 414 g/mol. The fourth-order valence-corrected chi connectivity index (χ4v) is 4.06. The molecule has 0 bridgehead atoms. The summed E-state index contributed by atoms with van der Waals surface area (Å²) in [7, 11) is 0. The van der Waals surface area contributed by atoms with E-state index in [0.29, 0.717) is 29.4 Å². The number of nitrogens with zero attached hydrogens (tertiary/aromatic N) is 1. The smallest absolute Gasteiger partial charge is 0.322 e. The lowest BCUT2D eigenvalue weighted by atomic mass is 10.0. The summed E-state index contributed by atoms with van der Waals surface area (Å²) in [6, 6.07) is 12.6. The van der Waals surface area contributed by atoms with Crippen LogP contribution < -0.4 is 10.9 Å². The summed E-state index contributed by atoms with van der Waals surface area (Å²) in [4.78, 5) is 30.6. The maximum Gasteiger partial charge on any atom is 0.322 e. The Morgan fingerprint density at radius 3 is 2.65 bits per heavy atom. The monoisotopic (exact) mass is 439 g/mol. The minimum Gasteiger partial charge on any atom is -0.376 e. The fraction of sp³-hybridized carbons (Fsp3) is 0.333. The zero-order valence-corrected chi connectivity index (χ0v) is 18.5. The van der Waals surface area contributed by atoms with E-state index >= 15 is 0 Å². The second-order valence-corrected chi connectivity index (χ2v) is 8.50. The summed E-state index contributed by atoms with van der Waals surface area (Å²) in [6.45, 7) is 5.30. The Bertz CT molecular complexity index is 1150. The van der Waals surface area contributed by atoms with Gasteiger partial charge in [-0.25, -0.2) is 4.79 Å². The van der Waals surface area contributed by atoms with E-state index in [4.69, 9.17) is 16.3 Å². The van der Waals surface area contributed by atoms with Crippen LogP contribution in [0.3, 0.4) is 0 Å². The number of halogens is 1. The van der Waals surface area contributed by atoms with Crippen molar-refractivity contribution in [1.82, 2.24) is 9.88 Å². The second kappa shape index (κ2) is 9.12. The van der Waals surface area contributed by atoms with Crippen LogP contribution in [-0.4, -0.2) is 35.2 Å². The van der Waals surface area contributed by atoms with Gasteiger partial charge in [-0.2, -0.15) is 0 Å². The largest absolute Gasteiger partial charge is 0.376 e. The average molecular weight is 440 g/mol. The zero-order valence-electron chi connectivity index (χ0n) is 17.7. The molecule has 0 aliphatic carbocycles. The van der Waals surface area contributed by atoms with Gasteiger partial charge >= 0.3 is 6.03 Å². The molecule has 2 heterocycles. The molecule has 1 saturated heterocycles. The number of hydrogen-bond acceptors (Lipinski definition) is 3. The predicted molar refractivity (Wildman–Crippen MR) is 124 cm³/mol. The van der Waals surface area contributed by atoms with Crippen molar-refractivity contribution in [3.63, 3.8) is 0 Å². The number of hydrogen-bond donors (Lipinski definition) is 2. The second-order valence-electron chi connectivity index (χ2n) is 8.06. The Balaban J connectivity index is 1.63. The maximum atomic E-state index is 13.1. The van der Waals surface area contributed by atoms with E-state index in [2.05, 4.69) is 10.3 Å². The number of nitrogens with one attached hydrogen (secondary N) is 2. The summed E-state index contributed by atoms with van der Waals surface area (Å²) in [5.41, 5.74) is 3.94. The van der Waals surface area contributed by atoms with Crippen LogP contribution >= 0.6 is 11.6 Å². The molecule has 2 aromatic carbocycles. The first-order chi connectivity index (χ1) is 14.9. The van der Waals surface area contributed by atoms with E-state index in [1.165, 1.54) is 0 Å². The number of carbonyl (C=O) groups excluding carboxylic acids is 1. The van der Waals surface area contributed by atoms with Crippen molar-refractivity contribution in [2.75, 3.05) is 18.5 Å². The number of anilines is 1. The number of rotatable bonds is 5. The number of benzene rings is 2. The van der Waals surface area contributed by atoms with Crippen LogP contribution in [0.2, 0.25) is 5.02 Å². The van der Waals surface area contributed by atoms with Gasteiger partial charge in [0, 0.05) is 34.8 Å². The molecule has 162 valence electrons. The number of aromatic amines is 1. The molecule has 0 unspecified atom stereocenters. The van der Waals surface area contributed by atoms with Gasteiger partial charge in [0.2, 0.25) is 0 Å². The normalized spacial score (nSPS) is 15.9. The SMILES string of the molecule is Cc1ccc(C)c2[nH]c(=O)c(CN(C[C@@H]3CCCO3)C(=O)Nc3ccc(Cl)cc3)cc12. The van der Waals surface area contributed by atoms with E-state index < -0.39 is 0 Å². The van der Waals surface area contributed by atoms with Crippen molar-refractivity contribution < 1.29 is 9.53 Å². The molecule has 0 spiro atoms. The first kappa shape index (κ1) is 21.4. The Morgan fingerprint density at radius 1 is 1.19 bits per heavy atom. The molecule has 4 rings (SSSR count). The van der Waals surface area contributed by atoms with Gasteiger partial charge in [-0.05, 0) is 68.1 Å². The van der Waals surface area contributed by atoms with E-state index in [9.17, 15) is 9.59 Å². The van der Waals surface area contributed by atoms with Gasteiger partial charge in [0.05, 0.1) is 18.2 Å². The van der Waals surface area contributed by atoms with Crippen LogP contribution in [0.15, 0.2) is 47.3 Å². The highest BCUT2D eigenvalue weighted by molar-refractivity contribution is 6.30. The topological polar surface area (TPSA) is 74.4 Å². The number of aromatic nitrogens is 1. The molecule has 31 heavy (non-hydrogen) atoms. The molecule has 0 radical (unpaired) electrons.